The van der Waals surface area contributed by atoms with E-state index in [1.165, 1.54) is 0 Å². The smallest absolute Gasteiger partial charge is 3.00 e. The molecule has 0 saturated carbocycles. The van der Waals surface area contributed by atoms with Gasteiger partial charge in [-0.1, -0.05) is 0 Å². The van der Waals surface area contributed by atoms with Gasteiger partial charge >= 0.3 is 51.6 Å². The van der Waals surface area contributed by atoms with Crippen LogP contribution in [0.2, 0.25) is 0 Å². The molecule has 0 bridgehead atoms. The molecule has 0 fully saturated rings. The van der Waals surface area contributed by atoms with Crippen molar-refractivity contribution in [3.63, 3.8) is 0 Å². The third kappa shape index (κ3) is 30.1. The van der Waals surface area contributed by atoms with E-state index in [-0.39, 0.29) is 65.7 Å². The summed E-state index contributed by atoms with van der Waals surface area (Å²) >= 11 is 0. The molecule has 0 aromatic heterocycles. The van der Waals surface area contributed by atoms with Crippen molar-refractivity contribution in [1.29, 1.82) is 0 Å². The first kappa shape index (κ1) is 88.0. The average molecular weight is 154 g/mol. The Morgan fingerprint density at radius 1 is 0.600 bits per heavy atom. The third-order valence-corrected chi connectivity index (χ3v) is 0. The van der Waals surface area contributed by atoms with Crippen molar-refractivity contribution in [1.82, 2.24) is 0 Å². The zero-order chi connectivity index (χ0) is 0. The van der Waals surface area contributed by atoms with Crippen LogP contribution in [0.5, 0.6) is 0 Å². The van der Waals surface area contributed by atoms with Gasteiger partial charge in [0.05, 0.1) is 0 Å². The fourth-order valence-electron chi connectivity index (χ4n) is 0. The molecule has 0 N–H and O–H groups in total. The Hall–Kier alpha value is 1.49. The van der Waals surface area contributed by atoms with Gasteiger partial charge in [0.1, 0.15) is 0 Å². The number of halogens is 3. The van der Waals surface area contributed by atoms with Crippen molar-refractivity contribution in [2.45, 2.75) is 0 Å². The molecule has 0 rings (SSSR count). The minimum atomic E-state index is 0. The van der Waals surface area contributed by atoms with E-state index in [1.54, 1.807) is 0 Å². The summed E-state index contributed by atoms with van der Waals surface area (Å²) in [5.41, 5.74) is 0. The van der Waals surface area contributed by atoms with Gasteiger partial charge in [0, 0.05) is 0 Å². The van der Waals surface area contributed by atoms with E-state index in [9.17, 15) is 0 Å². The zero-order valence-electron chi connectivity index (χ0n) is 1.71. The monoisotopic (exact) mass is 154 g/mol. The van der Waals surface area contributed by atoms with Gasteiger partial charge < -0.3 is 14.1 Å². The summed E-state index contributed by atoms with van der Waals surface area (Å²) in [5, 5.41) is 0. The molecule has 0 heterocycles. The molecule has 0 aromatic rings. The Bertz CT molecular complexity index is 6.85. The summed E-state index contributed by atoms with van der Waals surface area (Å²) < 4.78 is 0. The van der Waals surface area contributed by atoms with Crippen LogP contribution in [-0.4, -0.2) is 18.9 Å². The Kier molecular flexibility index (Phi) is 877. The number of hydrogen-bond donors (Lipinski definition) is 0. The molecule has 0 unspecified atom stereocenters. The van der Waals surface area contributed by atoms with Gasteiger partial charge in [0.15, 0.2) is 0 Å². The summed E-state index contributed by atoms with van der Waals surface area (Å²) in [6, 6.07) is 0. The molecule has 0 aromatic carbocycles. The van der Waals surface area contributed by atoms with Crippen LogP contribution in [0.1, 0.15) is 0 Å². The van der Waals surface area contributed by atoms with E-state index in [0.717, 1.165) is 0 Å². The second kappa shape index (κ2) is 49.8. The predicted octanol–water partition coefficient (Wildman–Crippen LogP) is -9.64. The fourth-order valence-corrected chi connectivity index (χ4v) is 0. The Labute approximate surface area is 65.2 Å². The first-order valence-electron chi connectivity index (χ1n) is 0. The van der Waals surface area contributed by atoms with E-state index < -0.39 is 0 Å². The first-order valence-corrected chi connectivity index (χ1v) is 0. The Balaban J connectivity index is 0. The van der Waals surface area contributed by atoms with Crippen LogP contribution >= 0.6 is 0 Å². The van der Waals surface area contributed by atoms with Crippen molar-refractivity contribution in [3.8, 4) is 0 Å². The van der Waals surface area contributed by atoms with Crippen LogP contribution in [0.25, 0.3) is 0 Å². The molecule has 0 saturated heterocycles. The summed E-state index contributed by atoms with van der Waals surface area (Å²) in [5.74, 6) is 0. The van der Waals surface area contributed by atoms with E-state index in [1.807, 2.05) is 0 Å². The van der Waals surface area contributed by atoms with Crippen LogP contribution in [0.3, 0.4) is 0 Å². The molecule has 0 atom stereocenters. The van der Waals surface area contributed by atoms with Gasteiger partial charge in [-0.3, -0.25) is 0 Å². The second-order valence-corrected chi connectivity index (χ2v) is 0. The predicted molar refractivity (Wildman–Crippen MR) is 7.15 cm³/mol. The van der Waals surface area contributed by atoms with Crippen molar-refractivity contribution < 1.29 is 46.8 Å². The van der Waals surface area contributed by atoms with E-state index in [0.29, 0.717) is 0 Å². The van der Waals surface area contributed by atoms with E-state index >= 15 is 0 Å². The van der Waals surface area contributed by atoms with Gasteiger partial charge in [0.2, 0.25) is 0 Å². The largest absolute Gasteiger partial charge is 3.00 e. The van der Waals surface area contributed by atoms with Gasteiger partial charge in [0.25, 0.3) is 0 Å². The Morgan fingerprint density at radius 3 is 0.600 bits per heavy atom. The zero-order valence-corrected chi connectivity index (χ0v) is 4.55. The van der Waals surface area contributed by atoms with Crippen LogP contribution < -0.4 is 14.1 Å². The number of rotatable bonds is 0. The quantitative estimate of drug-likeness (QED) is 0.304. The van der Waals surface area contributed by atoms with Gasteiger partial charge in [-0.25, -0.2) is 0 Å². The van der Waals surface area contributed by atoms with Crippen LogP contribution in [0.4, 0.5) is 0 Å². The second-order valence-electron chi connectivity index (χ2n) is 0. The molecule has 5 heavy (non-hydrogen) atoms. The van der Waals surface area contributed by atoms with Crippen molar-refractivity contribution >= 4 is 18.9 Å². The first-order chi connectivity index (χ1) is 0. The van der Waals surface area contributed by atoms with Crippen LogP contribution in [-0.2, 0) is 32.7 Å². The van der Waals surface area contributed by atoms with Crippen molar-refractivity contribution in [2.24, 2.45) is 0 Å². The maximum absolute atomic E-state index is 0. The number of hydrogen-bond acceptors (Lipinski definition) is 0. The SMILES string of the molecule is [F-].[F-].[F-].[LiH].[Y+3]. The molecule has 0 nitrogen and oxygen atoms in total. The Morgan fingerprint density at radius 2 is 0.600 bits per heavy atom. The van der Waals surface area contributed by atoms with E-state index in [2.05, 4.69) is 0 Å². The van der Waals surface area contributed by atoms with Gasteiger partial charge in [-0.15, -0.1) is 0 Å². The van der Waals surface area contributed by atoms with Gasteiger partial charge in [-0.2, -0.15) is 0 Å². The van der Waals surface area contributed by atoms with Crippen LogP contribution in [0, 0.1) is 0 Å². The third-order valence-electron chi connectivity index (χ3n) is 0. The van der Waals surface area contributed by atoms with Gasteiger partial charge in [-0.05, 0) is 0 Å². The molecular weight excluding hydrogens is 153 g/mol. The normalized spacial score (nSPS) is 0. The summed E-state index contributed by atoms with van der Waals surface area (Å²) in [6.45, 7) is 0. The fraction of sp³-hybridized carbons (Fsp3) is 0. The average Bonchev–Trinajstić information content (AvgIpc) is 0. The molecule has 0 spiro atoms. The van der Waals surface area contributed by atoms with Crippen LogP contribution in [0.15, 0.2) is 0 Å². The molecule has 0 aliphatic heterocycles. The van der Waals surface area contributed by atoms with E-state index in [4.69, 9.17) is 0 Å². The molecule has 0 radical (unpaired) electrons. The molecule has 0 aliphatic rings. The maximum Gasteiger partial charge on any atom is 3.00 e. The summed E-state index contributed by atoms with van der Waals surface area (Å²) in [7, 11) is 0. The molecule has 0 amide bonds. The molecule has 0 aliphatic carbocycles. The molecular formula is HF3LiY. The molecule has 5 heteroatoms. The minimum Gasteiger partial charge on any atom is 3.00 e. The summed E-state index contributed by atoms with van der Waals surface area (Å²) in [4.78, 5) is 0. The standard InChI is InChI=1S/3FH.Li.Y.H/h3*1H;;;/q;;;;+3;/p-3. The minimum absolute atomic E-state index is 0. The van der Waals surface area contributed by atoms with Crippen molar-refractivity contribution in [3.05, 3.63) is 0 Å². The molecule has 26 valence electrons. The summed E-state index contributed by atoms with van der Waals surface area (Å²) in [6.07, 6.45) is 0. The maximum atomic E-state index is 0. The topological polar surface area (TPSA) is 0 Å². The van der Waals surface area contributed by atoms with Crippen molar-refractivity contribution in [2.75, 3.05) is 0 Å².